The molecule has 0 amide bonds. The zero-order valence-corrected chi connectivity index (χ0v) is 14.6. The standard InChI is InChI=1S/C19H30O5/c1-22-18(21)6-4-5-13-9-14-11-17(16(12-20)15(14)10-13)24-19-7-2-3-8-23-19/h5,14-17,19-20H,2-4,6-12H2,1H3. The summed E-state index contributed by atoms with van der Waals surface area (Å²) in [7, 11) is 1.43. The fourth-order valence-corrected chi connectivity index (χ4v) is 4.63. The van der Waals surface area contributed by atoms with Gasteiger partial charge in [-0.2, -0.15) is 0 Å². The molecule has 136 valence electrons. The molecular formula is C19H30O5. The molecule has 3 rings (SSSR count). The van der Waals surface area contributed by atoms with E-state index >= 15 is 0 Å². The Morgan fingerprint density at radius 3 is 2.96 bits per heavy atom. The third-order valence-electron chi connectivity index (χ3n) is 5.87. The Balaban J connectivity index is 1.51. The largest absolute Gasteiger partial charge is 0.469 e. The van der Waals surface area contributed by atoms with Crippen LogP contribution >= 0.6 is 0 Å². The molecule has 2 aliphatic carbocycles. The molecule has 0 aromatic carbocycles. The van der Waals surface area contributed by atoms with E-state index in [1.165, 1.54) is 19.1 Å². The molecule has 5 nitrogen and oxygen atoms in total. The van der Waals surface area contributed by atoms with Gasteiger partial charge in [0.2, 0.25) is 0 Å². The molecule has 1 N–H and O–H groups in total. The van der Waals surface area contributed by atoms with E-state index in [0.717, 1.165) is 45.1 Å². The molecule has 3 aliphatic rings. The Kier molecular flexibility index (Phi) is 6.31. The summed E-state index contributed by atoms with van der Waals surface area (Å²) in [5.41, 5.74) is 1.43. The van der Waals surface area contributed by atoms with Gasteiger partial charge in [-0.05, 0) is 56.8 Å². The fourth-order valence-electron chi connectivity index (χ4n) is 4.63. The molecule has 1 saturated heterocycles. The van der Waals surface area contributed by atoms with Gasteiger partial charge in [0.05, 0.1) is 13.2 Å². The van der Waals surface area contributed by atoms with Gasteiger partial charge in [-0.1, -0.05) is 11.6 Å². The van der Waals surface area contributed by atoms with Crippen molar-refractivity contribution in [2.24, 2.45) is 17.8 Å². The van der Waals surface area contributed by atoms with E-state index in [0.29, 0.717) is 18.3 Å². The van der Waals surface area contributed by atoms with Crippen LogP contribution in [-0.2, 0) is 19.0 Å². The van der Waals surface area contributed by atoms with Crippen LogP contribution in [0.5, 0.6) is 0 Å². The second kappa shape index (κ2) is 8.45. The number of esters is 1. The Hall–Kier alpha value is -0.910. The number of carbonyl (C=O) groups excluding carboxylic acids is 1. The zero-order chi connectivity index (χ0) is 16.9. The van der Waals surface area contributed by atoms with E-state index in [4.69, 9.17) is 9.47 Å². The van der Waals surface area contributed by atoms with Gasteiger partial charge in [0, 0.05) is 25.6 Å². The van der Waals surface area contributed by atoms with Crippen LogP contribution in [0, 0.1) is 17.8 Å². The average molecular weight is 338 g/mol. The van der Waals surface area contributed by atoms with E-state index in [1.54, 1.807) is 0 Å². The van der Waals surface area contributed by atoms with E-state index in [1.807, 2.05) is 0 Å². The van der Waals surface area contributed by atoms with Gasteiger partial charge in [-0.25, -0.2) is 0 Å². The molecule has 0 aromatic rings. The van der Waals surface area contributed by atoms with Crippen molar-refractivity contribution in [2.75, 3.05) is 20.3 Å². The van der Waals surface area contributed by atoms with E-state index in [2.05, 4.69) is 10.8 Å². The predicted molar refractivity (Wildman–Crippen MR) is 89.2 cm³/mol. The minimum absolute atomic E-state index is 0.0771. The summed E-state index contributed by atoms with van der Waals surface area (Å²) in [6.07, 6.45) is 9.84. The average Bonchev–Trinajstić information content (AvgIpc) is 3.12. The molecular weight excluding hydrogens is 308 g/mol. The summed E-state index contributed by atoms with van der Waals surface area (Å²) < 4.78 is 16.6. The Morgan fingerprint density at radius 2 is 2.25 bits per heavy atom. The monoisotopic (exact) mass is 338 g/mol. The predicted octanol–water partition coefficient (Wildman–Crippen LogP) is 2.82. The van der Waals surface area contributed by atoms with Gasteiger partial charge >= 0.3 is 5.97 Å². The summed E-state index contributed by atoms with van der Waals surface area (Å²) in [6.45, 7) is 0.981. The first-order valence-electron chi connectivity index (χ1n) is 9.34. The molecule has 5 heteroatoms. The third kappa shape index (κ3) is 4.19. The van der Waals surface area contributed by atoms with Crippen molar-refractivity contribution in [3.8, 4) is 0 Å². The lowest BCUT2D eigenvalue weighted by Gasteiger charge is -2.29. The highest BCUT2D eigenvalue weighted by Crippen LogP contribution is 2.51. The molecule has 0 spiro atoms. The Morgan fingerprint density at radius 1 is 1.38 bits per heavy atom. The van der Waals surface area contributed by atoms with Crippen molar-refractivity contribution < 1.29 is 24.1 Å². The van der Waals surface area contributed by atoms with E-state index < -0.39 is 0 Å². The SMILES string of the molecule is COC(=O)CCC=C1CC2CC(OC3CCCCO3)C(CO)C2C1. The van der Waals surface area contributed by atoms with Crippen molar-refractivity contribution in [3.05, 3.63) is 11.6 Å². The van der Waals surface area contributed by atoms with Gasteiger partial charge in [-0.15, -0.1) is 0 Å². The van der Waals surface area contributed by atoms with Gasteiger partial charge in [0.15, 0.2) is 6.29 Å². The van der Waals surface area contributed by atoms with Crippen LogP contribution < -0.4 is 0 Å². The van der Waals surface area contributed by atoms with Crippen LogP contribution in [0.4, 0.5) is 0 Å². The topological polar surface area (TPSA) is 65.0 Å². The highest BCUT2D eigenvalue weighted by Gasteiger charge is 2.47. The van der Waals surface area contributed by atoms with Gasteiger partial charge in [-0.3, -0.25) is 4.79 Å². The van der Waals surface area contributed by atoms with Crippen LogP contribution in [0.2, 0.25) is 0 Å². The molecule has 2 saturated carbocycles. The van der Waals surface area contributed by atoms with Crippen LogP contribution in [-0.4, -0.2) is 43.8 Å². The number of carbonyl (C=O) groups is 1. The molecule has 1 aliphatic heterocycles. The summed E-state index contributed by atoms with van der Waals surface area (Å²) in [5, 5.41) is 9.88. The fraction of sp³-hybridized carbons (Fsp3) is 0.842. The molecule has 5 atom stereocenters. The minimum Gasteiger partial charge on any atom is -0.469 e. The maximum absolute atomic E-state index is 11.2. The number of ether oxygens (including phenoxy) is 3. The van der Waals surface area contributed by atoms with Crippen LogP contribution in [0.1, 0.15) is 51.4 Å². The quantitative estimate of drug-likeness (QED) is 0.596. The first kappa shape index (κ1) is 17.9. The number of aliphatic hydroxyl groups is 1. The Bertz CT molecular complexity index is 455. The number of aliphatic hydroxyl groups excluding tert-OH is 1. The molecule has 0 aromatic heterocycles. The summed E-state index contributed by atoms with van der Waals surface area (Å²) in [4.78, 5) is 11.2. The maximum atomic E-state index is 11.2. The number of rotatable bonds is 6. The second-order valence-electron chi connectivity index (χ2n) is 7.36. The van der Waals surface area contributed by atoms with Crippen LogP contribution in [0.3, 0.4) is 0 Å². The lowest BCUT2D eigenvalue weighted by Crippen LogP contribution is -2.32. The van der Waals surface area contributed by atoms with Gasteiger partial charge in [0.1, 0.15) is 0 Å². The van der Waals surface area contributed by atoms with Crippen LogP contribution in [0.25, 0.3) is 0 Å². The normalized spacial score (nSPS) is 37.6. The van der Waals surface area contributed by atoms with E-state index in [9.17, 15) is 9.90 Å². The number of hydrogen-bond donors (Lipinski definition) is 1. The first-order chi connectivity index (χ1) is 11.7. The van der Waals surface area contributed by atoms with Crippen molar-refractivity contribution in [1.29, 1.82) is 0 Å². The minimum atomic E-state index is -0.153. The lowest BCUT2D eigenvalue weighted by atomic mass is 9.92. The van der Waals surface area contributed by atoms with Crippen LogP contribution in [0.15, 0.2) is 11.6 Å². The number of methoxy groups -OCH3 is 1. The summed E-state index contributed by atoms with van der Waals surface area (Å²) >= 11 is 0. The van der Waals surface area contributed by atoms with Crippen molar-refractivity contribution in [1.82, 2.24) is 0 Å². The van der Waals surface area contributed by atoms with Crippen molar-refractivity contribution in [2.45, 2.75) is 63.8 Å². The maximum Gasteiger partial charge on any atom is 0.305 e. The molecule has 1 heterocycles. The van der Waals surface area contributed by atoms with Gasteiger partial charge < -0.3 is 19.3 Å². The first-order valence-corrected chi connectivity index (χ1v) is 9.34. The lowest BCUT2D eigenvalue weighted by molar-refractivity contribution is -0.198. The molecule has 24 heavy (non-hydrogen) atoms. The Labute approximate surface area is 144 Å². The van der Waals surface area contributed by atoms with Crippen molar-refractivity contribution in [3.63, 3.8) is 0 Å². The highest BCUT2D eigenvalue weighted by atomic mass is 16.7. The smallest absolute Gasteiger partial charge is 0.305 e. The van der Waals surface area contributed by atoms with Gasteiger partial charge in [0.25, 0.3) is 0 Å². The second-order valence-corrected chi connectivity index (χ2v) is 7.36. The zero-order valence-electron chi connectivity index (χ0n) is 14.6. The summed E-state index contributed by atoms with van der Waals surface area (Å²) in [6, 6.07) is 0. The molecule has 3 fully saturated rings. The number of allylic oxidation sites excluding steroid dienone is 2. The van der Waals surface area contributed by atoms with E-state index in [-0.39, 0.29) is 30.9 Å². The highest BCUT2D eigenvalue weighted by molar-refractivity contribution is 5.69. The summed E-state index contributed by atoms with van der Waals surface area (Å²) in [5.74, 6) is 1.17. The molecule has 0 bridgehead atoms. The number of hydrogen-bond acceptors (Lipinski definition) is 5. The molecule has 0 radical (unpaired) electrons. The molecule has 5 unspecified atom stereocenters. The third-order valence-corrected chi connectivity index (χ3v) is 5.87. The number of fused-ring (bicyclic) bond motifs is 1. The van der Waals surface area contributed by atoms with Crippen molar-refractivity contribution >= 4 is 5.97 Å².